The summed E-state index contributed by atoms with van der Waals surface area (Å²) in [4.78, 5) is 36.8. The summed E-state index contributed by atoms with van der Waals surface area (Å²) < 4.78 is 4.66. The molecule has 1 aliphatic carbocycles. The number of methoxy groups -OCH3 is 1. The zero-order valence-electron chi connectivity index (χ0n) is 14.0. The largest absolute Gasteiger partial charge is 0.465 e. The first kappa shape index (κ1) is 17.9. The second kappa shape index (κ2) is 7.17. The van der Waals surface area contributed by atoms with Crippen LogP contribution in [0.3, 0.4) is 0 Å². The monoisotopic (exact) mass is 372 g/mol. The summed E-state index contributed by atoms with van der Waals surface area (Å²) in [5.74, 6) is -1.28. The summed E-state index contributed by atoms with van der Waals surface area (Å²) >= 11 is 5.91. The van der Waals surface area contributed by atoms with E-state index in [1.165, 1.54) is 13.2 Å². The fraction of sp³-hybridized carbons (Fsp3) is 0.211. The molecule has 7 heteroatoms. The zero-order valence-corrected chi connectivity index (χ0v) is 14.8. The number of esters is 1. The van der Waals surface area contributed by atoms with Gasteiger partial charge in [0.05, 0.1) is 12.7 Å². The molecule has 2 N–H and O–H groups in total. The first-order chi connectivity index (χ1) is 12.4. The van der Waals surface area contributed by atoms with Gasteiger partial charge in [0.1, 0.15) is 5.41 Å². The Morgan fingerprint density at radius 2 is 1.54 bits per heavy atom. The molecule has 2 aromatic rings. The highest BCUT2D eigenvalue weighted by molar-refractivity contribution is 6.31. The molecule has 1 fully saturated rings. The molecule has 0 spiro atoms. The second-order valence-electron chi connectivity index (χ2n) is 6.07. The van der Waals surface area contributed by atoms with Crippen LogP contribution in [0, 0.1) is 5.41 Å². The van der Waals surface area contributed by atoms with Gasteiger partial charge in [-0.1, -0.05) is 23.7 Å². The highest BCUT2D eigenvalue weighted by Gasteiger charge is 2.56. The average Bonchev–Trinajstić information content (AvgIpc) is 3.43. The van der Waals surface area contributed by atoms with Gasteiger partial charge in [-0.25, -0.2) is 4.79 Å². The van der Waals surface area contributed by atoms with Gasteiger partial charge in [-0.3, -0.25) is 9.59 Å². The third-order valence-corrected chi connectivity index (χ3v) is 4.48. The Kier molecular flexibility index (Phi) is 4.95. The van der Waals surface area contributed by atoms with Gasteiger partial charge < -0.3 is 15.4 Å². The standard InChI is InChI=1S/C19H17ClN2O4/c1-26-16(23)12-4-2-6-14(10-12)21-17(24)19(8-9-19)18(25)22-15-7-3-5-13(20)11-15/h2-7,10-11H,8-9H2,1H3,(H,21,24)(H,22,25). The molecule has 0 unspecified atom stereocenters. The Morgan fingerprint density at radius 1 is 0.962 bits per heavy atom. The van der Waals surface area contributed by atoms with E-state index < -0.39 is 17.3 Å². The molecule has 6 nitrogen and oxygen atoms in total. The van der Waals surface area contributed by atoms with Crippen LogP contribution in [0.25, 0.3) is 0 Å². The fourth-order valence-electron chi connectivity index (χ4n) is 2.59. The van der Waals surface area contributed by atoms with Crippen LogP contribution in [0.4, 0.5) is 11.4 Å². The molecule has 3 rings (SSSR count). The Bertz CT molecular complexity index is 877. The normalized spacial score (nSPS) is 14.2. The molecule has 134 valence electrons. The number of nitrogens with one attached hydrogen (secondary N) is 2. The Balaban J connectivity index is 1.71. The molecule has 0 radical (unpaired) electrons. The van der Waals surface area contributed by atoms with Crippen LogP contribution in [0.15, 0.2) is 48.5 Å². The van der Waals surface area contributed by atoms with Gasteiger partial charge in [0, 0.05) is 16.4 Å². The number of anilines is 2. The lowest BCUT2D eigenvalue weighted by Crippen LogP contribution is -2.35. The molecule has 2 amide bonds. The summed E-state index contributed by atoms with van der Waals surface area (Å²) in [6, 6.07) is 13.1. The van der Waals surface area contributed by atoms with E-state index in [1.807, 2.05) is 0 Å². The van der Waals surface area contributed by atoms with E-state index in [9.17, 15) is 14.4 Å². The molecular weight excluding hydrogens is 356 g/mol. The number of ether oxygens (including phenoxy) is 1. The average molecular weight is 373 g/mol. The van der Waals surface area contributed by atoms with Crippen LogP contribution >= 0.6 is 11.6 Å². The Labute approximate surface area is 155 Å². The highest BCUT2D eigenvalue weighted by Crippen LogP contribution is 2.47. The summed E-state index contributed by atoms with van der Waals surface area (Å²) in [5, 5.41) is 5.94. The molecule has 26 heavy (non-hydrogen) atoms. The van der Waals surface area contributed by atoms with E-state index in [-0.39, 0.29) is 5.91 Å². The summed E-state index contributed by atoms with van der Waals surface area (Å²) in [6.07, 6.45) is 0.920. The number of carbonyl (C=O) groups is 3. The van der Waals surface area contributed by atoms with E-state index >= 15 is 0 Å². The van der Waals surface area contributed by atoms with Crippen LogP contribution in [-0.2, 0) is 14.3 Å². The van der Waals surface area contributed by atoms with Gasteiger partial charge >= 0.3 is 5.97 Å². The van der Waals surface area contributed by atoms with Gasteiger partial charge in [0.2, 0.25) is 11.8 Å². The third kappa shape index (κ3) is 3.70. The number of benzene rings is 2. The molecule has 1 aliphatic rings. The van der Waals surface area contributed by atoms with Crippen molar-refractivity contribution in [3.8, 4) is 0 Å². The fourth-order valence-corrected chi connectivity index (χ4v) is 2.78. The number of hydrogen-bond acceptors (Lipinski definition) is 4. The van der Waals surface area contributed by atoms with Crippen molar-refractivity contribution in [1.82, 2.24) is 0 Å². The number of carbonyl (C=O) groups excluding carboxylic acids is 3. The number of rotatable bonds is 5. The van der Waals surface area contributed by atoms with E-state index in [2.05, 4.69) is 15.4 Å². The lowest BCUT2D eigenvalue weighted by atomic mass is 10.0. The van der Waals surface area contributed by atoms with Crippen LogP contribution in [-0.4, -0.2) is 24.9 Å². The minimum Gasteiger partial charge on any atom is -0.465 e. The third-order valence-electron chi connectivity index (χ3n) is 4.24. The van der Waals surface area contributed by atoms with E-state index in [1.54, 1.807) is 42.5 Å². The second-order valence-corrected chi connectivity index (χ2v) is 6.51. The minimum absolute atomic E-state index is 0.318. The summed E-state index contributed by atoms with van der Waals surface area (Å²) in [7, 11) is 1.28. The minimum atomic E-state index is -1.11. The molecule has 0 saturated heterocycles. The summed E-state index contributed by atoms with van der Waals surface area (Å²) in [5.41, 5.74) is 0.177. The first-order valence-corrected chi connectivity index (χ1v) is 8.39. The quantitative estimate of drug-likeness (QED) is 0.621. The lowest BCUT2D eigenvalue weighted by molar-refractivity contribution is -0.131. The molecular formula is C19H17ClN2O4. The topological polar surface area (TPSA) is 84.5 Å². The predicted octanol–water partition coefficient (Wildman–Crippen LogP) is 3.48. The molecule has 0 atom stereocenters. The van der Waals surface area contributed by atoms with Gasteiger partial charge in [0.25, 0.3) is 0 Å². The molecule has 1 saturated carbocycles. The maximum atomic E-state index is 12.6. The van der Waals surface area contributed by atoms with Gasteiger partial charge in [-0.15, -0.1) is 0 Å². The molecule has 0 bridgehead atoms. The summed E-state index contributed by atoms with van der Waals surface area (Å²) in [6.45, 7) is 0. The van der Waals surface area contributed by atoms with E-state index in [0.717, 1.165) is 0 Å². The van der Waals surface area contributed by atoms with Crippen molar-refractivity contribution >= 4 is 40.8 Å². The van der Waals surface area contributed by atoms with Crippen molar-refractivity contribution in [3.63, 3.8) is 0 Å². The zero-order chi connectivity index (χ0) is 18.7. The van der Waals surface area contributed by atoms with Crippen molar-refractivity contribution in [2.45, 2.75) is 12.8 Å². The molecule has 0 aromatic heterocycles. The molecule has 0 heterocycles. The first-order valence-electron chi connectivity index (χ1n) is 8.01. The van der Waals surface area contributed by atoms with Gasteiger partial charge in [-0.05, 0) is 49.2 Å². The van der Waals surface area contributed by atoms with E-state index in [0.29, 0.717) is 34.8 Å². The predicted molar refractivity (Wildman–Crippen MR) is 98.2 cm³/mol. The molecule has 2 aromatic carbocycles. The van der Waals surface area contributed by atoms with Crippen molar-refractivity contribution in [2.24, 2.45) is 5.41 Å². The van der Waals surface area contributed by atoms with Gasteiger partial charge in [0.15, 0.2) is 0 Å². The van der Waals surface area contributed by atoms with Crippen molar-refractivity contribution in [3.05, 3.63) is 59.1 Å². The highest BCUT2D eigenvalue weighted by atomic mass is 35.5. The maximum Gasteiger partial charge on any atom is 0.337 e. The SMILES string of the molecule is COC(=O)c1cccc(NC(=O)C2(C(=O)Nc3cccc(Cl)c3)CC2)c1. The van der Waals surface area contributed by atoms with Crippen molar-refractivity contribution < 1.29 is 19.1 Å². The number of halogens is 1. The molecule has 0 aliphatic heterocycles. The van der Waals surface area contributed by atoms with Crippen LogP contribution < -0.4 is 10.6 Å². The smallest absolute Gasteiger partial charge is 0.337 e. The van der Waals surface area contributed by atoms with Crippen molar-refractivity contribution in [1.29, 1.82) is 0 Å². The Hall–Kier alpha value is -2.86. The van der Waals surface area contributed by atoms with Crippen molar-refractivity contribution in [2.75, 3.05) is 17.7 Å². The van der Waals surface area contributed by atoms with Crippen LogP contribution in [0.2, 0.25) is 5.02 Å². The number of amides is 2. The van der Waals surface area contributed by atoms with E-state index in [4.69, 9.17) is 11.6 Å². The van der Waals surface area contributed by atoms with Gasteiger partial charge in [-0.2, -0.15) is 0 Å². The van der Waals surface area contributed by atoms with Crippen LogP contribution in [0.5, 0.6) is 0 Å². The Morgan fingerprint density at radius 3 is 2.08 bits per heavy atom. The maximum absolute atomic E-state index is 12.6. The van der Waals surface area contributed by atoms with Crippen LogP contribution in [0.1, 0.15) is 23.2 Å². The lowest BCUT2D eigenvalue weighted by Gasteiger charge is -2.16. The number of hydrogen-bond donors (Lipinski definition) is 2.